The van der Waals surface area contributed by atoms with Crippen LogP contribution in [0.15, 0.2) is 36.1 Å². The molecule has 0 N–H and O–H groups in total. The minimum atomic E-state index is -0.415. The number of carbonyl (C=O) groups excluding carboxylic acids is 1. The van der Waals surface area contributed by atoms with Crippen molar-refractivity contribution in [3.05, 3.63) is 36.1 Å². The fourth-order valence-electron chi connectivity index (χ4n) is 1.44. The van der Waals surface area contributed by atoms with Gasteiger partial charge in [0, 0.05) is 0 Å². The number of esters is 1. The zero-order chi connectivity index (χ0) is 14.3. The minimum absolute atomic E-state index is 0.0547. The predicted octanol–water partition coefficient (Wildman–Crippen LogP) is 3.32. The SMILES string of the molecule is CCOC(=O)C=C(C)Oc1ccccc1OC(C)C. The highest BCUT2D eigenvalue weighted by molar-refractivity contribution is 5.82. The highest BCUT2D eigenvalue weighted by Crippen LogP contribution is 2.28. The van der Waals surface area contributed by atoms with Gasteiger partial charge in [0.1, 0.15) is 5.76 Å². The molecule has 0 unspecified atom stereocenters. The van der Waals surface area contributed by atoms with Crippen molar-refractivity contribution in [2.45, 2.75) is 33.8 Å². The number of ether oxygens (including phenoxy) is 3. The van der Waals surface area contributed by atoms with Gasteiger partial charge < -0.3 is 14.2 Å². The molecule has 0 aliphatic carbocycles. The molecule has 4 heteroatoms. The first-order valence-corrected chi connectivity index (χ1v) is 6.31. The lowest BCUT2D eigenvalue weighted by atomic mass is 10.3. The van der Waals surface area contributed by atoms with Crippen LogP contribution in [0.4, 0.5) is 0 Å². The van der Waals surface area contributed by atoms with E-state index in [9.17, 15) is 4.79 Å². The number of para-hydroxylation sites is 2. The Morgan fingerprint density at radius 1 is 1.26 bits per heavy atom. The largest absolute Gasteiger partial charge is 0.487 e. The van der Waals surface area contributed by atoms with Gasteiger partial charge in [-0.1, -0.05) is 12.1 Å². The van der Waals surface area contributed by atoms with Crippen molar-refractivity contribution in [3.8, 4) is 11.5 Å². The molecule has 0 radical (unpaired) electrons. The van der Waals surface area contributed by atoms with Gasteiger partial charge in [-0.15, -0.1) is 0 Å². The Hall–Kier alpha value is -1.97. The normalized spacial score (nSPS) is 11.3. The zero-order valence-electron chi connectivity index (χ0n) is 11.8. The Morgan fingerprint density at radius 3 is 2.47 bits per heavy atom. The van der Waals surface area contributed by atoms with Crippen molar-refractivity contribution < 1.29 is 19.0 Å². The summed E-state index contributed by atoms with van der Waals surface area (Å²) < 4.78 is 16.0. The molecule has 1 aromatic rings. The van der Waals surface area contributed by atoms with E-state index in [0.29, 0.717) is 23.9 Å². The first-order valence-electron chi connectivity index (χ1n) is 6.31. The molecule has 0 atom stereocenters. The lowest BCUT2D eigenvalue weighted by Crippen LogP contribution is -2.07. The maximum atomic E-state index is 11.3. The zero-order valence-corrected chi connectivity index (χ0v) is 11.8. The number of allylic oxidation sites excluding steroid dienone is 1. The van der Waals surface area contributed by atoms with Crippen LogP contribution in [0.25, 0.3) is 0 Å². The van der Waals surface area contributed by atoms with Crippen molar-refractivity contribution in [2.24, 2.45) is 0 Å². The molecule has 0 heterocycles. The van der Waals surface area contributed by atoms with Crippen LogP contribution >= 0.6 is 0 Å². The van der Waals surface area contributed by atoms with Gasteiger partial charge in [-0.2, -0.15) is 0 Å². The highest BCUT2D eigenvalue weighted by atomic mass is 16.5. The molecule has 0 fully saturated rings. The third-order valence-corrected chi connectivity index (χ3v) is 2.09. The van der Waals surface area contributed by atoms with Gasteiger partial charge in [-0.25, -0.2) is 4.79 Å². The van der Waals surface area contributed by atoms with E-state index in [2.05, 4.69) is 0 Å². The molecule has 1 aromatic carbocycles. The summed E-state index contributed by atoms with van der Waals surface area (Å²) in [5.41, 5.74) is 0. The molecular weight excluding hydrogens is 244 g/mol. The standard InChI is InChI=1S/C15H20O4/c1-5-17-15(16)10-12(4)19-14-9-7-6-8-13(14)18-11(2)3/h6-11H,5H2,1-4H3. The molecule has 19 heavy (non-hydrogen) atoms. The number of carbonyl (C=O) groups is 1. The molecule has 0 aliphatic rings. The van der Waals surface area contributed by atoms with E-state index in [1.165, 1.54) is 6.08 Å². The second kappa shape index (κ2) is 7.46. The molecular formula is C15H20O4. The van der Waals surface area contributed by atoms with Crippen LogP contribution in [-0.2, 0) is 9.53 Å². The van der Waals surface area contributed by atoms with Crippen LogP contribution in [0.2, 0.25) is 0 Å². The fourth-order valence-corrected chi connectivity index (χ4v) is 1.44. The maximum Gasteiger partial charge on any atom is 0.334 e. The van der Waals surface area contributed by atoms with E-state index in [4.69, 9.17) is 14.2 Å². The van der Waals surface area contributed by atoms with Crippen LogP contribution in [0.5, 0.6) is 11.5 Å². The fraction of sp³-hybridized carbons (Fsp3) is 0.400. The van der Waals surface area contributed by atoms with E-state index in [-0.39, 0.29) is 6.10 Å². The van der Waals surface area contributed by atoms with Crippen LogP contribution in [-0.4, -0.2) is 18.7 Å². The van der Waals surface area contributed by atoms with E-state index in [1.54, 1.807) is 19.9 Å². The number of rotatable bonds is 6. The Balaban J connectivity index is 2.78. The van der Waals surface area contributed by atoms with Gasteiger partial charge in [0.05, 0.1) is 18.8 Å². The average Bonchev–Trinajstić information content (AvgIpc) is 2.31. The summed E-state index contributed by atoms with van der Waals surface area (Å²) in [4.78, 5) is 11.3. The number of hydrogen-bond donors (Lipinski definition) is 0. The highest BCUT2D eigenvalue weighted by Gasteiger charge is 2.08. The molecule has 0 amide bonds. The first-order chi connectivity index (χ1) is 9.02. The first kappa shape index (κ1) is 15.1. The van der Waals surface area contributed by atoms with Crippen molar-refractivity contribution in [1.29, 1.82) is 0 Å². The second-order valence-corrected chi connectivity index (χ2v) is 4.22. The molecule has 0 saturated carbocycles. The van der Waals surface area contributed by atoms with Crippen LogP contribution < -0.4 is 9.47 Å². The molecule has 104 valence electrons. The molecule has 0 spiro atoms. The smallest absolute Gasteiger partial charge is 0.334 e. The summed E-state index contributed by atoms with van der Waals surface area (Å²) >= 11 is 0. The summed E-state index contributed by atoms with van der Waals surface area (Å²) in [6.45, 7) is 7.68. The minimum Gasteiger partial charge on any atom is -0.487 e. The second-order valence-electron chi connectivity index (χ2n) is 4.22. The van der Waals surface area contributed by atoms with E-state index < -0.39 is 5.97 Å². The maximum absolute atomic E-state index is 11.3. The van der Waals surface area contributed by atoms with Gasteiger partial charge >= 0.3 is 5.97 Å². The van der Waals surface area contributed by atoms with Crippen molar-refractivity contribution in [2.75, 3.05) is 6.61 Å². The molecule has 0 saturated heterocycles. The van der Waals surface area contributed by atoms with Gasteiger partial charge in [-0.3, -0.25) is 0 Å². The van der Waals surface area contributed by atoms with Crippen LogP contribution in [0.1, 0.15) is 27.7 Å². The van der Waals surface area contributed by atoms with Crippen molar-refractivity contribution >= 4 is 5.97 Å². The van der Waals surface area contributed by atoms with E-state index >= 15 is 0 Å². The van der Waals surface area contributed by atoms with Crippen molar-refractivity contribution in [3.63, 3.8) is 0 Å². The lowest BCUT2D eigenvalue weighted by molar-refractivity contribution is -0.137. The third-order valence-electron chi connectivity index (χ3n) is 2.09. The monoisotopic (exact) mass is 264 g/mol. The topological polar surface area (TPSA) is 44.8 Å². The lowest BCUT2D eigenvalue weighted by Gasteiger charge is -2.14. The summed E-state index contributed by atoms with van der Waals surface area (Å²) in [6.07, 6.45) is 1.37. The van der Waals surface area contributed by atoms with E-state index in [1.807, 2.05) is 32.0 Å². The Bertz CT molecular complexity index is 449. The summed E-state index contributed by atoms with van der Waals surface area (Å²) in [5.74, 6) is 1.27. The van der Waals surface area contributed by atoms with Crippen LogP contribution in [0.3, 0.4) is 0 Å². The van der Waals surface area contributed by atoms with Gasteiger partial charge in [0.2, 0.25) is 0 Å². The molecule has 0 aliphatic heterocycles. The number of benzene rings is 1. The molecule has 0 aromatic heterocycles. The Kier molecular flexibility index (Phi) is 5.93. The molecule has 4 nitrogen and oxygen atoms in total. The van der Waals surface area contributed by atoms with E-state index in [0.717, 1.165) is 0 Å². The summed E-state index contributed by atoms with van der Waals surface area (Å²) in [7, 11) is 0. The quantitative estimate of drug-likeness (QED) is 0.449. The predicted molar refractivity (Wildman–Crippen MR) is 73.2 cm³/mol. The summed E-state index contributed by atoms with van der Waals surface area (Å²) in [6, 6.07) is 7.34. The molecule has 1 rings (SSSR count). The Labute approximate surface area is 114 Å². The number of hydrogen-bond acceptors (Lipinski definition) is 4. The van der Waals surface area contributed by atoms with Gasteiger partial charge in [0.25, 0.3) is 0 Å². The summed E-state index contributed by atoms with van der Waals surface area (Å²) in [5, 5.41) is 0. The van der Waals surface area contributed by atoms with Crippen molar-refractivity contribution in [1.82, 2.24) is 0 Å². The molecule has 0 bridgehead atoms. The van der Waals surface area contributed by atoms with Gasteiger partial charge in [0.15, 0.2) is 11.5 Å². The third kappa shape index (κ3) is 5.46. The van der Waals surface area contributed by atoms with Crippen LogP contribution in [0, 0.1) is 0 Å². The Morgan fingerprint density at radius 2 is 1.89 bits per heavy atom. The van der Waals surface area contributed by atoms with Gasteiger partial charge in [-0.05, 0) is 39.8 Å². The average molecular weight is 264 g/mol.